The van der Waals surface area contributed by atoms with Crippen molar-refractivity contribution < 1.29 is 8.42 Å². The summed E-state index contributed by atoms with van der Waals surface area (Å²) in [5.74, 6) is 0. The number of aryl methyl sites for hydroxylation is 2. The van der Waals surface area contributed by atoms with Crippen LogP contribution in [0.1, 0.15) is 22.4 Å². The van der Waals surface area contributed by atoms with Gasteiger partial charge in [0.1, 0.15) is 5.01 Å². The van der Waals surface area contributed by atoms with Crippen molar-refractivity contribution in [1.29, 1.82) is 0 Å². The molecule has 0 radical (unpaired) electrons. The van der Waals surface area contributed by atoms with Gasteiger partial charge in [0.2, 0.25) is 10.0 Å². The van der Waals surface area contributed by atoms with Crippen molar-refractivity contribution in [2.24, 2.45) is 0 Å². The lowest BCUT2D eigenvalue weighted by Crippen LogP contribution is -2.23. The minimum atomic E-state index is -3.50. The van der Waals surface area contributed by atoms with Gasteiger partial charge in [0.25, 0.3) is 0 Å². The summed E-state index contributed by atoms with van der Waals surface area (Å²) < 4.78 is 27.9. The highest BCUT2D eigenvalue weighted by atomic mass is 79.9. The molecule has 7 heteroatoms. The van der Waals surface area contributed by atoms with Crippen molar-refractivity contribution in [3.05, 3.63) is 44.3 Å². The van der Waals surface area contributed by atoms with E-state index in [1.165, 1.54) is 11.3 Å². The Morgan fingerprint density at radius 3 is 2.75 bits per heavy atom. The standard InChI is InChI=1S/C13H15BrN2O2S2/c1-3-10-7-15-13(19-10)8-16-20(17,18)11-4-5-12(14)9(2)6-11/h4-7,16H,3,8H2,1-2H3. The highest BCUT2D eigenvalue weighted by molar-refractivity contribution is 9.10. The number of nitrogens with one attached hydrogen (secondary N) is 1. The SMILES string of the molecule is CCc1cnc(CNS(=O)(=O)c2ccc(Br)c(C)c2)s1. The third-order valence-electron chi connectivity index (χ3n) is 2.80. The lowest BCUT2D eigenvalue weighted by molar-refractivity contribution is 0.581. The molecule has 0 unspecified atom stereocenters. The van der Waals surface area contributed by atoms with Crippen LogP contribution in [0.5, 0.6) is 0 Å². The Morgan fingerprint density at radius 2 is 2.15 bits per heavy atom. The van der Waals surface area contributed by atoms with Crippen LogP contribution in [0.15, 0.2) is 33.8 Å². The second kappa shape index (κ2) is 6.34. The highest BCUT2D eigenvalue weighted by Gasteiger charge is 2.15. The number of hydrogen-bond donors (Lipinski definition) is 1. The van der Waals surface area contributed by atoms with Gasteiger partial charge in [0, 0.05) is 15.5 Å². The Hall–Kier alpha value is -0.760. The Labute approximate surface area is 131 Å². The summed E-state index contributed by atoms with van der Waals surface area (Å²) in [4.78, 5) is 5.62. The van der Waals surface area contributed by atoms with Crippen LogP contribution in [0, 0.1) is 6.92 Å². The van der Waals surface area contributed by atoms with E-state index in [-0.39, 0.29) is 11.4 Å². The highest BCUT2D eigenvalue weighted by Crippen LogP contribution is 2.20. The first-order valence-corrected chi connectivity index (χ1v) is 9.21. The third-order valence-corrected chi connectivity index (χ3v) is 6.23. The number of sulfonamides is 1. The molecule has 0 aliphatic heterocycles. The molecule has 0 amide bonds. The molecule has 0 saturated carbocycles. The van der Waals surface area contributed by atoms with Gasteiger partial charge < -0.3 is 0 Å². The number of halogens is 1. The molecule has 0 bridgehead atoms. The van der Waals surface area contributed by atoms with E-state index in [2.05, 4.69) is 25.6 Å². The van der Waals surface area contributed by atoms with Crippen molar-refractivity contribution in [1.82, 2.24) is 9.71 Å². The van der Waals surface area contributed by atoms with E-state index in [0.717, 1.165) is 26.3 Å². The van der Waals surface area contributed by atoms with Crippen LogP contribution >= 0.6 is 27.3 Å². The smallest absolute Gasteiger partial charge is 0.240 e. The van der Waals surface area contributed by atoms with Gasteiger partial charge in [-0.3, -0.25) is 0 Å². The molecule has 1 aromatic carbocycles. The van der Waals surface area contributed by atoms with Crippen LogP contribution in [0.3, 0.4) is 0 Å². The third kappa shape index (κ3) is 3.66. The average molecular weight is 375 g/mol. The van der Waals surface area contributed by atoms with E-state index in [1.807, 2.05) is 13.8 Å². The van der Waals surface area contributed by atoms with Gasteiger partial charge in [-0.1, -0.05) is 22.9 Å². The fourth-order valence-electron chi connectivity index (χ4n) is 1.62. The molecule has 1 N–H and O–H groups in total. The number of aromatic nitrogens is 1. The molecule has 1 aromatic heterocycles. The van der Waals surface area contributed by atoms with Gasteiger partial charge in [-0.15, -0.1) is 11.3 Å². The number of hydrogen-bond acceptors (Lipinski definition) is 4. The zero-order chi connectivity index (χ0) is 14.8. The summed E-state index contributed by atoms with van der Waals surface area (Å²) in [6.45, 7) is 4.13. The van der Waals surface area contributed by atoms with E-state index < -0.39 is 10.0 Å². The predicted molar refractivity (Wildman–Crippen MR) is 84.4 cm³/mol. The van der Waals surface area contributed by atoms with Gasteiger partial charge >= 0.3 is 0 Å². The van der Waals surface area contributed by atoms with Gasteiger partial charge in [0.05, 0.1) is 11.4 Å². The molecule has 0 aliphatic rings. The molecule has 0 fully saturated rings. The zero-order valence-electron chi connectivity index (χ0n) is 11.2. The summed E-state index contributed by atoms with van der Waals surface area (Å²) in [6.07, 6.45) is 2.70. The van der Waals surface area contributed by atoms with Gasteiger partial charge in [0.15, 0.2) is 0 Å². The average Bonchev–Trinajstić information content (AvgIpc) is 2.87. The van der Waals surface area contributed by atoms with Crippen LogP contribution < -0.4 is 4.72 Å². The van der Waals surface area contributed by atoms with Gasteiger partial charge in [-0.05, 0) is 37.1 Å². The normalized spacial score (nSPS) is 11.8. The van der Waals surface area contributed by atoms with E-state index >= 15 is 0 Å². The summed E-state index contributed by atoms with van der Waals surface area (Å²) in [7, 11) is -3.50. The van der Waals surface area contributed by atoms with Crippen LogP contribution in [-0.4, -0.2) is 13.4 Å². The largest absolute Gasteiger partial charge is 0.248 e. The number of nitrogens with zero attached hydrogens (tertiary/aromatic N) is 1. The first-order valence-electron chi connectivity index (χ1n) is 6.12. The van der Waals surface area contributed by atoms with Crippen molar-refractivity contribution in [2.45, 2.75) is 31.7 Å². The summed E-state index contributed by atoms with van der Waals surface area (Å²) in [6, 6.07) is 4.97. The number of benzene rings is 1. The van der Waals surface area contributed by atoms with E-state index in [4.69, 9.17) is 0 Å². The van der Waals surface area contributed by atoms with Crippen LogP contribution in [-0.2, 0) is 23.0 Å². The fraction of sp³-hybridized carbons (Fsp3) is 0.308. The maximum absolute atomic E-state index is 12.2. The Kier molecular flexibility index (Phi) is 4.95. The molecule has 4 nitrogen and oxygen atoms in total. The van der Waals surface area contributed by atoms with Crippen molar-refractivity contribution in [3.8, 4) is 0 Å². The van der Waals surface area contributed by atoms with Crippen molar-refractivity contribution >= 4 is 37.3 Å². The first kappa shape index (κ1) is 15.6. The Balaban J connectivity index is 2.12. The molecule has 20 heavy (non-hydrogen) atoms. The molecule has 0 saturated heterocycles. The zero-order valence-corrected chi connectivity index (χ0v) is 14.4. The van der Waals surface area contributed by atoms with Gasteiger partial charge in [-0.25, -0.2) is 18.1 Å². The molecule has 0 spiro atoms. The van der Waals surface area contributed by atoms with Crippen LogP contribution in [0.25, 0.3) is 0 Å². The molecule has 108 valence electrons. The molecular formula is C13H15BrN2O2S2. The lowest BCUT2D eigenvalue weighted by Gasteiger charge is -2.07. The number of rotatable bonds is 5. The molecular weight excluding hydrogens is 360 g/mol. The van der Waals surface area contributed by atoms with Crippen LogP contribution in [0.2, 0.25) is 0 Å². The summed E-state index contributed by atoms with van der Waals surface area (Å²) in [5, 5.41) is 0.777. The maximum Gasteiger partial charge on any atom is 0.240 e. The molecule has 2 aromatic rings. The second-order valence-corrected chi connectivity index (χ2v) is 8.13. The van der Waals surface area contributed by atoms with E-state index in [1.54, 1.807) is 24.4 Å². The van der Waals surface area contributed by atoms with Crippen LogP contribution in [0.4, 0.5) is 0 Å². The summed E-state index contributed by atoms with van der Waals surface area (Å²) >= 11 is 4.89. The maximum atomic E-state index is 12.2. The predicted octanol–water partition coefficient (Wildman–Crippen LogP) is 3.25. The van der Waals surface area contributed by atoms with E-state index in [0.29, 0.717) is 0 Å². The fourth-order valence-corrected chi connectivity index (χ4v) is 3.83. The minimum Gasteiger partial charge on any atom is -0.248 e. The topological polar surface area (TPSA) is 59.1 Å². The second-order valence-electron chi connectivity index (χ2n) is 4.31. The lowest BCUT2D eigenvalue weighted by atomic mass is 10.2. The van der Waals surface area contributed by atoms with Crippen molar-refractivity contribution in [3.63, 3.8) is 0 Å². The molecule has 2 rings (SSSR count). The minimum absolute atomic E-state index is 0.224. The number of thiazole rings is 1. The van der Waals surface area contributed by atoms with Gasteiger partial charge in [-0.2, -0.15) is 0 Å². The first-order chi connectivity index (χ1) is 9.42. The quantitative estimate of drug-likeness (QED) is 0.873. The Morgan fingerprint density at radius 1 is 1.40 bits per heavy atom. The monoisotopic (exact) mass is 374 g/mol. The van der Waals surface area contributed by atoms with Crippen molar-refractivity contribution in [2.75, 3.05) is 0 Å². The molecule has 0 atom stereocenters. The Bertz CT molecular complexity index is 711. The summed E-state index contributed by atoms with van der Waals surface area (Å²) in [5.41, 5.74) is 0.885. The van der Waals surface area contributed by atoms with E-state index in [9.17, 15) is 8.42 Å². The molecule has 1 heterocycles. The molecule has 0 aliphatic carbocycles.